The van der Waals surface area contributed by atoms with Crippen molar-refractivity contribution in [3.8, 4) is 28.6 Å². The van der Waals surface area contributed by atoms with E-state index in [4.69, 9.17) is 4.42 Å². The van der Waals surface area contributed by atoms with Crippen LogP contribution in [0.2, 0.25) is 0 Å². The molecule has 5 rings (SSSR count). The van der Waals surface area contributed by atoms with E-state index in [1.165, 1.54) is 53.1 Å². The van der Waals surface area contributed by atoms with Gasteiger partial charge in [0.05, 0.1) is 5.69 Å². The summed E-state index contributed by atoms with van der Waals surface area (Å²) in [5.74, 6) is 0.490. The lowest BCUT2D eigenvalue weighted by Crippen LogP contribution is -2.22. The van der Waals surface area contributed by atoms with Crippen molar-refractivity contribution in [3.05, 3.63) is 88.4 Å². The first kappa shape index (κ1) is 19.3. The van der Waals surface area contributed by atoms with Gasteiger partial charge in [-0.2, -0.15) is 9.97 Å². The maximum Gasteiger partial charge on any atom is 0.353 e. The van der Waals surface area contributed by atoms with Gasteiger partial charge in [0.25, 0.3) is 6.43 Å². The summed E-state index contributed by atoms with van der Waals surface area (Å²) < 4.78 is 46.3. The minimum absolute atomic E-state index is 0.120. The Labute approximate surface area is 174 Å². The molecule has 0 radical (unpaired) electrons. The second kappa shape index (κ2) is 7.54. The van der Waals surface area contributed by atoms with Crippen LogP contribution in [0.25, 0.3) is 28.6 Å². The molecule has 8 heteroatoms. The largest absolute Gasteiger partial charge is 0.434 e. The molecule has 1 saturated carbocycles. The molecule has 1 aliphatic carbocycles. The van der Waals surface area contributed by atoms with Gasteiger partial charge in [0.15, 0.2) is 11.6 Å². The molecular weight excluding hydrogens is 407 g/mol. The first-order chi connectivity index (χ1) is 15.0. The van der Waals surface area contributed by atoms with Gasteiger partial charge in [0, 0.05) is 28.8 Å². The monoisotopic (exact) mass is 423 g/mol. The van der Waals surface area contributed by atoms with Gasteiger partial charge >= 0.3 is 5.69 Å². The Morgan fingerprint density at radius 2 is 1.61 bits per heavy atom. The fraction of sp³-hybridized carbons (Fsp3) is 0.174. The molecule has 156 valence electrons. The van der Waals surface area contributed by atoms with Crippen molar-refractivity contribution in [2.45, 2.75) is 25.2 Å². The Morgan fingerprint density at radius 1 is 0.935 bits per heavy atom. The van der Waals surface area contributed by atoms with E-state index in [0.29, 0.717) is 17.0 Å². The zero-order chi connectivity index (χ0) is 21.5. The molecule has 0 atom stereocenters. The second-order valence-electron chi connectivity index (χ2n) is 7.38. The van der Waals surface area contributed by atoms with Crippen LogP contribution in [0.15, 0.2) is 70.0 Å². The zero-order valence-corrected chi connectivity index (χ0v) is 16.1. The zero-order valence-electron chi connectivity index (χ0n) is 16.1. The van der Waals surface area contributed by atoms with Gasteiger partial charge in [-0.15, -0.1) is 0 Å². The van der Waals surface area contributed by atoms with Crippen LogP contribution in [0, 0.1) is 5.82 Å². The number of benzene rings is 2. The summed E-state index contributed by atoms with van der Waals surface area (Å²) in [6, 6.07) is 12.9. The Kier molecular flexibility index (Phi) is 4.69. The number of alkyl halides is 2. The molecule has 0 aliphatic heterocycles. The van der Waals surface area contributed by atoms with Crippen LogP contribution in [0.3, 0.4) is 0 Å². The highest BCUT2D eigenvalue weighted by molar-refractivity contribution is 5.69. The summed E-state index contributed by atoms with van der Waals surface area (Å²) in [6.45, 7) is 0. The van der Waals surface area contributed by atoms with Crippen molar-refractivity contribution in [1.29, 1.82) is 0 Å². The van der Waals surface area contributed by atoms with Gasteiger partial charge in [-0.25, -0.2) is 22.5 Å². The molecule has 2 aromatic carbocycles. The van der Waals surface area contributed by atoms with Crippen molar-refractivity contribution < 1.29 is 17.6 Å². The molecule has 1 aliphatic rings. The highest BCUT2D eigenvalue weighted by atomic mass is 19.3. The van der Waals surface area contributed by atoms with Crippen LogP contribution in [-0.2, 0) is 0 Å². The number of nitrogens with zero attached hydrogens (tertiary/aromatic N) is 3. The Hall–Kier alpha value is -3.68. The number of aromatic nitrogens is 3. The van der Waals surface area contributed by atoms with Crippen molar-refractivity contribution in [3.63, 3.8) is 0 Å². The summed E-state index contributed by atoms with van der Waals surface area (Å²) in [5, 5.41) is 0. The van der Waals surface area contributed by atoms with E-state index in [0.717, 1.165) is 18.5 Å². The van der Waals surface area contributed by atoms with Gasteiger partial charge in [-0.05, 0) is 55.3 Å². The lowest BCUT2D eigenvalue weighted by molar-refractivity contribution is 0.151. The molecule has 0 bridgehead atoms. The predicted octanol–water partition coefficient (Wildman–Crippen LogP) is 5.51. The molecular formula is C23H16F3N3O2. The van der Waals surface area contributed by atoms with E-state index >= 15 is 0 Å². The van der Waals surface area contributed by atoms with E-state index in [-0.39, 0.29) is 23.0 Å². The maximum atomic E-state index is 13.4. The first-order valence-electron chi connectivity index (χ1n) is 9.75. The second-order valence-corrected chi connectivity index (χ2v) is 7.38. The molecule has 2 aromatic heterocycles. The molecule has 31 heavy (non-hydrogen) atoms. The van der Waals surface area contributed by atoms with Crippen LogP contribution in [-0.4, -0.2) is 14.5 Å². The standard InChI is InChI=1S/C23H16F3N3O2/c24-17-9-7-14(8-10-17)19-21(29-12-11-18(13-1-2-13)27-23(29)30)28-22(31-19)16-5-3-15(4-6-16)20(25)26/h3-13,20H,1-2H2. The predicted molar refractivity (Wildman–Crippen MR) is 108 cm³/mol. The normalized spacial score (nSPS) is 13.7. The van der Waals surface area contributed by atoms with Crippen LogP contribution < -0.4 is 5.69 Å². The summed E-state index contributed by atoms with van der Waals surface area (Å²) in [4.78, 5) is 21.3. The van der Waals surface area contributed by atoms with Gasteiger partial charge in [-0.3, -0.25) is 0 Å². The smallest absolute Gasteiger partial charge is 0.353 e. The lowest BCUT2D eigenvalue weighted by Gasteiger charge is -2.05. The molecule has 5 nitrogen and oxygen atoms in total. The average Bonchev–Trinajstić information content (AvgIpc) is 3.53. The molecule has 0 spiro atoms. The van der Waals surface area contributed by atoms with E-state index in [1.54, 1.807) is 12.3 Å². The van der Waals surface area contributed by atoms with E-state index in [2.05, 4.69) is 9.97 Å². The highest BCUT2D eigenvalue weighted by Crippen LogP contribution is 2.38. The van der Waals surface area contributed by atoms with E-state index in [9.17, 15) is 18.0 Å². The topological polar surface area (TPSA) is 60.9 Å². The Bertz CT molecular complexity index is 1290. The summed E-state index contributed by atoms with van der Waals surface area (Å²) in [7, 11) is 0. The van der Waals surface area contributed by atoms with Crippen LogP contribution in [0.1, 0.15) is 36.4 Å². The van der Waals surface area contributed by atoms with Gasteiger partial charge < -0.3 is 4.42 Å². The number of oxazole rings is 1. The number of halogens is 3. The summed E-state index contributed by atoms with van der Waals surface area (Å²) >= 11 is 0. The molecule has 0 amide bonds. The van der Waals surface area contributed by atoms with Crippen LogP contribution in [0.5, 0.6) is 0 Å². The Morgan fingerprint density at radius 3 is 2.23 bits per heavy atom. The van der Waals surface area contributed by atoms with Crippen molar-refractivity contribution >= 4 is 0 Å². The van der Waals surface area contributed by atoms with Gasteiger partial charge in [0.2, 0.25) is 5.89 Å². The molecule has 1 fully saturated rings. The van der Waals surface area contributed by atoms with Gasteiger partial charge in [0.1, 0.15) is 5.82 Å². The minimum Gasteiger partial charge on any atom is -0.434 e. The van der Waals surface area contributed by atoms with Crippen LogP contribution in [0.4, 0.5) is 13.2 Å². The fourth-order valence-corrected chi connectivity index (χ4v) is 3.34. The Balaban J connectivity index is 1.63. The average molecular weight is 423 g/mol. The fourth-order valence-electron chi connectivity index (χ4n) is 3.34. The highest BCUT2D eigenvalue weighted by Gasteiger charge is 2.26. The third kappa shape index (κ3) is 3.76. The number of hydrogen-bond acceptors (Lipinski definition) is 4. The molecule has 2 heterocycles. The summed E-state index contributed by atoms with van der Waals surface area (Å²) in [6.07, 6.45) is 1.04. The third-order valence-electron chi connectivity index (χ3n) is 5.17. The number of rotatable bonds is 5. The van der Waals surface area contributed by atoms with Gasteiger partial charge in [-0.1, -0.05) is 12.1 Å². The third-order valence-corrected chi connectivity index (χ3v) is 5.17. The quantitative estimate of drug-likeness (QED) is 0.425. The first-order valence-corrected chi connectivity index (χ1v) is 9.75. The molecule has 4 aromatic rings. The van der Waals surface area contributed by atoms with E-state index < -0.39 is 17.9 Å². The molecule has 0 saturated heterocycles. The SMILES string of the molecule is O=c1nc(C2CC2)ccn1-c1nc(-c2ccc(C(F)F)cc2)oc1-c1ccc(F)cc1. The summed E-state index contributed by atoms with van der Waals surface area (Å²) in [5.41, 5.74) is 1.11. The molecule has 0 unspecified atom stereocenters. The maximum absolute atomic E-state index is 13.4. The van der Waals surface area contributed by atoms with E-state index in [1.807, 2.05) is 0 Å². The lowest BCUT2D eigenvalue weighted by atomic mass is 10.1. The molecule has 0 N–H and O–H groups in total. The number of hydrogen-bond donors (Lipinski definition) is 0. The minimum atomic E-state index is -2.58. The van der Waals surface area contributed by atoms with Crippen molar-refractivity contribution in [2.24, 2.45) is 0 Å². The van der Waals surface area contributed by atoms with Crippen molar-refractivity contribution in [1.82, 2.24) is 14.5 Å². The van der Waals surface area contributed by atoms with Crippen molar-refractivity contribution in [2.75, 3.05) is 0 Å². The van der Waals surface area contributed by atoms with Crippen LogP contribution >= 0.6 is 0 Å².